The Balaban J connectivity index is 1.34. The molecule has 0 radical (unpaired) electrons. The predicted octanol–water partition coefficient (Wildman–Crippen LogP) is 9.26. The minimum atomic E-state index is 0.285. The first-order valence-corrected chi connectivity index (χ1v) is 16.6. The summed E-state index contributed by atoms with van der Waals surface area (Å²) in [6, 6.07) is 54.4. The van der Waals surface area contributed by atoms with Crippen LogP contribution in [0.15, 0.2) is 146 Å². The van der Waals surface area contributed by atoms with E-state index in [0.717, 1.165) is 33.4 Å². The fraction of sp³-hybridized carbons (Fsp3) is 0.0667. The van der Waals surface area contributed by atoms with Gasteiger partial charge in [0, 0.05) is 16.7 Å². The largest absolute Gasteiger partial charge is 0.208 e. The molecule has 0 unspecified atom stereocenters. The fourth-order valence-corrected chi connectivity index (χ4v) is 6.20. The highest BCUT2D eigenvalue weighted by Gasteiger charge is 2.19. The van der Waals surface area contributed by atoms with E-state index < -0.39 is 0 Å². The lowest BCUT2D eigenvalue weighted by Gasteiger charge is -2.13. The Bertz CT molecular complexity index is 2180. The van der Waals surface area contributed by atoms with E-state index in [-0.39, 0.29) is 17.5 Å². The van der Waals surface area contributed by atoms with Crippen molar-refractivity contribution in [2.24, 2.45) is 0 Å². The SMILES string of the molecule is N#Cc1cc(Cc2ccccc2)ccc1-c1nc(-c2ccc(Cc3ccccc3)cc2C#N)nc(-c2ccc(Cc3ccccc3)cc2C#N)n1. The summed E-state index contributed by atoms with van der Waals surface area (Å²) in [6.07, 6.45) is 2.02. The summed E-state index contributed by atoms with van der Waals surface area (Å²) in [6.45, 7) is 0. The van der Waals surface area contributed by atoms with Gasteiger partial charge in [0.05, 0.1) is 34.9 Å². The second kappa shape index (κ2) is 14.9. The van der Waals surface area contributed by atoms with Crippen LogP contribution in [0.5, 0.6) is 0 Å². The molecular weight excluding hydrogens is 625 g/mol. The van der Waals surface area contributed by atoms with Crippen molar-refractivity contribution in [3.8, 4) is 52.4 Å². The number of rotatable bonds is 9. The van der Waals surface area contributed by atoms with Gasteiger partial charge < -0.3 is 0 Å². The number of benzene rings is 6. The molecule has 0 N–H and O–H groups in total. The van der Waals surface area contributed by atoms with Crippen LogP contribution >= 0.6 is 0 Å². The monoisotopic (exact) mass is 654 g/mol. The lowest BCUT2D eigenvalue weighted by molar-refractivity contribution is 1.07. The summed E-state index contributed by atoms with van der Waals surface area (Å²) in [5.74, 6) is 0.854. The highest BCUT2D eigenvalue weighted by atomic mass is 15.0. The Morgan fingerprint density at radius 3 is 0.863 bits per heavy atom. The summed E-state index contributed by atoms with van der Waals surface area (Å²) in [7, 11) is 0. The van der Waals surface area contributed by atoms with Gasteiger partial charge in [0.25, 0.3) is 0 Å². The number of aromatic nitrogens is 3. The van der Waals surface area contributed by atoms with Gasteiger partial charge in [-0.25, -0.2) is 15.0 Å². The van der Waals surface area contributed by atoms with Gasteiger partial charge in [0.15, 0.2) is 17.5 Å². The smallest absolute Gasteiger partial charge is 0.165 e. The van der Waals surface area contributed by atoms with Crippen molar-refractivity contribution in [1.82, 2.24) is 15.0 Å². The molecule has 1 aromatic heterocycles. The molecule has 0 spiro atoms. The van der Waals surface area contributed by atoms with Crippen LogP contribution in [0.4, 0.5) is 0 Å². The van der Waals surface area contributed by atoms with Crippen LogP contribution in [0.1, 0.15) is 50.1 Å². The summed E-state index contributed by atoms with van der Waals surface area (Å²) < 4.78 is 0. The molecule has 0 fully saturated rings. The molecule has 1 heterocycles. The van der Waals surface area contributed by atoms with Crippen molar-refractivity contribution in [2.45, 2.75) is 19.3 Å². The standard InChI is InChI=1S/C45H30N6/c46-28-37-25-34(22-31-10-4-1-5-11-31)16-19-40(37)43-49-44(41-20-17-35(26-38(41)29-47)23-32-12-6-2-7-13-32)51-45(50-43)42-21-18-36(27-39(42)30-48)24-33-14-8-3-9-15-33/h1-21,25-27H,22-24H2. The third-order valence-electron chi connectivity index (χ3n) is 8.72. The first kappa shape index (κ1) is 32.4. The predicted molar refractivity (Wildman–Crippen MR) is 198 cm³/mol. The third-order valence-corrected chi connectivity index (χ3v) is 8.72. The highest BCUT2D eigenvalue weighted by molar-refractivity contribution is 5.74. The van der Waals surface area contributed by atoms with E-state index in [2.05, 4.69) is 54.6 Å². The minimum Gasteiger partial charge on any atom is -0.208 e. The van der Waals surface area contributed by atoms with E-state index in [0.29, 0.717) is 52.6 Å². The second-order valence-electron chi connectivity index (χ2n) is 12.3. The van der Waals surface area contributed by atoms with Crippen molar-refractivity contribution >= 4 is 0 Å². The van der Waals surface area contributed by atoms with Crippen LogP contribution in [-0.4, -0.2) is 15.0 Å². The second-order valence-corrected chi connectivity index (χ2v) is 12.3. The van der Waals surface area contributed by atoms with Crippen molar-refractivity contribution in [1.29, 1.82) is 15.8 Å². The van der Waals surface area contributed by atoms with E-state index >= 15 is 0 Å². The summed E-state index contributed by atoms with van der Waals surface area (Å²) in [5, 5.41) is 30.9. The molecule has 0 aliphatic rings. The Labute approximate surface area is 297 Å². The van der Waals surface area contributed by atoms with Gasteiger partial charge in [-0.3, -0.25) is 0 Å². The van der Waals surface area contributed by atoms with Crippen LogP contribution in [0.25, 0.3) is 34.2 Å². The Hall–Kier alpha value is -7.20. The lowest BCUT2D eigenvalue weighted by Crippen LogP contribution is -2.04. The van der Waals surface area contributed by atoms with Crippen molar-refractivity contribution in [3.63, 3.8) is 0 Å². The van der Waals surface area contributed by atoms with Gasteiger partial charge in [0.2, 0.25) is 0 Å². The maximum Gasteiger partial charge on any atom is 0.165 e. The van der Waals surface area contributed by atoms with E-state index in [1.807, 2.05) is 109 Å². The van der Waals surface area contributed by atoms with Crippen molar-refractivity contribution in [2.75, 3.05) is 0 Å². The number of hydrogen-bond acceptors (Lipinski definition) is 6. The molecule has 6 nitrogen and oxygen atoms in total. The van der Waals surface area contributed by atoms with E-state index in [1.165, 1.54) is 0 Å². The van der Waals surface area contributed by atoms with Crippen LogP contribution < -0.4 is 0 Å². The van der Waals surface area contributed by atoms with Crippen molar-refractivity contribution in [3.05, 3.63) is 196 Å². The average Bonchev–Trinajstić information content (AvgIpc) is 3.18. The van der Waals surface area contributed by atoms with Crippen LogP contribution in [0, 0.1) is 34.0 Å². The molecule has 7 rings (SSSR count). The maximum atomic E-state index is 10.3. The molecule has 0 saturated heterocycles. The first-order chi connectivity index (χ1) is 25.1. The molecule has 7 aromatic rings. The van der Waals surface area contributed by atoms with Crippen molar-refractivity contribution < 1.29 is 0 Å². The third kappa shape index (κ3) is 7.45. The molecule has 0 aliphatic carbocycles. The Kier molecular flexibility index (Phi) is 9.46. The molecule has 0 amide bonds. The zero-order valence-electron chi connectivity index (χ0n) is 27.7. The molecule has 0 bridgehead atoms. The summed E-state index contributed by atoms with van der Waals surface area (Å²) >= 11 is 0. The molecule has 240 valence electrons. The molecule has 6 aromatic carbocycles. The number of hydrogen-bond donors (Lipinski definition) is 0. The normalized spacial score (nSPS) is 10.5. The molecular formula is C45H30N6. The van der Waals surface area contributed by atoms with E-state index in [4.69, 9.17) is 15.0 Å². The fourth-order valence-electron chi connectivity index (χ4n) is 6.20. The van der Waals surface area contributed by atoms with Gasteiger partial charge in [-0.1, -0.05) is 109 Å². The zero-order chi connectivity index (χ0) is 35.0. The Morgan fingerprint density at radius 1 is 0.333 bits per heavy atom. The van der Waals surface area contributed by atoms with E-state index in [9.17, 15) is 15.8 Å². The molecule has 0 atom stereocenters. The maximum absolute atomic E-state index is 10.3. The topological polar surface area (TPSA) is 110 Å². The van der Waals surface area contributed by atoms with Gasteiger partial charge in [-0.2, -0.15) is 15.8 Å². The molecule has 51 heavy (non-hydrogen) atoms. The van der Waals surface area contributed by atoms with Crippen LogP contribution in [0.2, 0.25) is 0 Å². The summed E-state index contributed by atoms with van der Waals surface area (Å²) in [4.78, 5) is 14.6. The Morgan fingerprint density at radius 2 is 0.608 bits per heavy atom. The molecule has 6 heteroatoms. The van der Waals surface area contributed by atoms with E-state index in [1.54, 1.807) is 0 Å². The number of nitrogens with zero attached hydrogens (tertiary/aromatic N) is 6. The lowest BCUT2D eigenvalue weighted by atomic mass is 9.97. The average molecular weight is 655 g/mol. The zero-order valence-corrected chi connectivity index (χ0v) is 27.7. The van der Waals surface area contributed by atoms with Gasteiger partial charge in [0.1, 0.15) is 0 Å². The first-order valence-electron chi connectivity index (χ1n) is 16.6. The minimum absolute atomic E-state index is 0.285. The van der Waals surface area contributed by atoms with Gasteiger partial charge in [-0.15, -0.1) is 0 Å². The quantitative estimate of drug-likeness (QED) is 0.153. The van der Waals surface area contributed by atoms with Gasteiger partial charge in [-0.05, 0) is 89.0 Å². The highest BCUT2D eigenvalue weighted by Crippen LogP contribution is 2.31. The van der Waals surface area contributed by atoms with Crippen LogP contribution in [-0.2, 0) is 19.3 Å². The summed E-state index contributed by atoms with van der Waals surface area (Å²) in [5.41, 5.74) is 9.24. The van der Waals surface area contributed by atoms with Gasteiger partial charge >= 0.3 is 0 Å². The molecule has 0 saturated carbocycles. The molecule has 0 aliphatic heterocycles. The van der Waals surface area contributed by atoms with Crippen LogP contribution in [0.3, 0.4) is 0 Å². The number of nitriles is 3.